The Morgan fingerprint density at radius 3 is 2.50 bits per heavy atom. The molecule has 0 aliphatic carbocycles. The molecule has 0 fully saturated rings. The lowest BCUT2D eigenvalue weighted by molar-refractivity contribution is -0.137. The van der Waals surface area contributed by atoms with Crippen LogP contribution in [0.3, 0.4) is 0 Å². The Bertz CT molecular complexity index is 408. The third-order valence-electron chi connectivity index (χ3n) is 1.60. The number of thiocarbonyl (C=S) groups is 1. The average Bonchev–Trinajstić information content (AvgIpc) is 2.14. The average molecular weight is 270 g/mol. The molecule has 0 heterocycles. The number of rotatable bonds is 2. The molecule has 0 aliphatic heterocycles. The first-order chi connectivity index (χ1) is 7.30. The SMILES string of the molecule is NC(=S)NNc1ccc(Cl)c(C(F)(F)F)c1. The van der Waals surface area contributed by atoms with Gasteiger partial charge in [0.1, 0.15) is 0 Å². The fraction of sp³-hybridized carbons (Fsp3) is 0.125. The molecule has 0 spiro atoms. The van der Waals surface area contributed by atoms with Crippen LogP contribution in [0.1, 0.15) is 5.56 Å². The molecule has 0 bridgehead atoms. The molecule has 0 saturated heterocycles. The van der Waals surface area contributed by atoms with E-state index < -0.39 is 11.7 Å². The molecular formula is C8H7ClF3N3S. The molecule has 0 saturated carbocycles. The van der Waals surface area contributed by atoms with E-state index in [1.165, 1.54) is 6.07 Å². The molecule has 0 aliphatic rings. The fourth-order valence-electron chi connectivity index (χ4n) is 0.954. The van der Waals surface area contributed by atoms with Crippen LogP contribution in [0, 0.1) is 0 Å². The summed E-state index contributed by atoms with van der Waals surface area (Å²) in [5.41, 5.74) is 9.05. The van der Waals surface area contributed by atoms with E-state index in [9.17, 15) is 13.2 Å². The highest BCUT2D eigenvalue weighted by Crippen LogP contribution is 2.35. The predicted octanol–water partition coefficient (Wildman–Crippen LogP) is 2.52. The third kappa shape index (κ3) is 3.42. The van der Waals surface area contributed by atoms with Crippen LogP contribution in [0.25, 0.3) is 0 Å². The molecule has 1 aromatic carbocycles. The first kappa shape index (κ1) is 12.9. The number of nitrogens with one attached hydrogen (secondary N) is 2. The van der Waals surface area contributed by atoms with Crippen molar-refractivity contribution in [2.75, 3.05) is 5.43 Å². The van der Waals surface area contributed by atoms with E-state index in [1.807, 2.05) is 0 Å². The summed E-state index contributed by atoms with van der Waals surface area (Å²) >= 11 is 9.91. The van der Waals surface area contributed by atoms with Gasteiger partial charge < -0.3 is 5.73 Å². The largest absolute Gasteiger partial charge is 0.417 e. The zero-order valence-electron chi connectivity index (χ0n) is 7.73. The number of hydrogen-bond acceptors (Lipinski definition) is 2. The second-order valence-corrected chi connectivity index (χ2v) is 3.65. The number of hydrazine groups is 1. The molecule has 1 rings (SSSR count). The molecule has 0 unspecified atom stereocenters. The van der Waals surface area contributed by atoms with Gasteiger partial charge >= 0.3 is 6.18 Å². The van der Waals surface area contributed by atoms with Gasteiger partial charge in [-0.25, -0.2) is 0 Å². The van der Waals surface area contributed by atoms with Crippen molar-refractivity contribution in [3.05, 3.63) is 28.8 Å². The van der Waals surface area contributed by atoms with E-state index in [4.69, 9.17) is 17.3 Å². The van der Waals surface area contributed by atoms with E-state index in [0.717, 1.165) is 12.1 Å². The summed E-state index contributed by atoms with van der Waals surface area (Å²) in [5, 5.41) is -0.447. The van der Waals surface area contributed by atoms with Crippen LogP contribution in [0.2, 0.25) is 5.02 Å². The zero-order chi connectivity index (χ0) is 12.3. The lowest BCUT2D eigenvalue weighted by Crippen LogP contribution is -2.34. The van der Waals surface area contributed by atoms with E-state index in [0.29, 0.717) is 0 Å². The molecule has 4 N–H and O–H groups in total. The number of alkyl halides is 3. The lowest BCUT2D eigenvalue weighted by Gasteiger charge is -2.12. The van der Waals surface area contributed by atoms with Gasteiger partial charge in [0.2, 0.25) is 0 Å². The van der Waals surface area contributed by atoms with Crippen molar-refractivity contribution >= 4 is 34.6 Å². The minimum absolute atomic E-state index is 0.0801. The lowest BCUT2D eigenvalue weighted by atomic mass is 10.2. The maximum Gasteiger partial charge on any atom is 0.417 e. The maximum atomic E-state index is 12.4. The van der Waals surface area contributed by atoms with E-state index in [1.54, 1.807) is 0 Å². The molecule has 88 valence electrons. The summed E-state index contributed by atoms with van der Waals surface area (Å²) in [6.07, 6.45) is -4.50. The maximum absolute atomic E-state index is 12.4. The number of halogens is 4. The van der Waals surface area contributed by atoms with Gasteiger partial charge in [-0.2, -0.15) is 13.2 Å². The second kappa shape index (κ2) is 4.75. The molecule has 8 heteroatoms. The highest BCUT2D eigenvalue weighted by atomic mass is 35.5. The molecule has 0 radical (unpaired) electrons. The van der Waals surface area contributed by atoms with Gasteiger partial charge in [0.25, 0.3) is 0 Å². The molecule has 0 aromatic heterocycles. The normalized spacial score (nSPS) is 11.0. The van der Waals surface area contributed by atoms with Crippen molar-refractivity contribution in [1.29, 1.82) is 0 Å². The standard InChI is InChI=1S/C8H7ClF3N3S/c9-6-2-1-4(14-15-7(13)16)3-5(6)8(10,11)12/h1-3,14H,(H3,13,15,16). The van der Waals surface area contributed by atoms with Crippen LogP contribution in [-0.4, -0.2) is 5.11 Å². The quantitative estimate of drug-likeness (QED) is 0.570. The Morgan fingerprint density at radius 2 is 2.00 bits per heavy atom. The van der Waals surface area contributed by atoms with Crippen LogP contribution < -0.4 is 16.6 Å². The van der Waals surface area contributed by atoms with Crippen LogP contribution in [-0.2, 0) is 6.18 Å². The summed E-state index contributed by atoms with van der Waals surface area (Å²) in [4.78, 5) is 0. The van der Waals surface area contributed by atoms with Gasteiger partial charge in [0, 0.05) is 0 Å². The molecular weight excluding hydrogens is 263 g/mol. The number of anilines is 1. The van der Waals surface area contributed by atoms with Crippen molar-refractivity contribution in [1.82, 2.24) is 5.43 Å². The summed E-state index contributed by atoms with van der Waals surface area (Å²) in [6.45, 7) is 0. The predicted molar refractivity (Wildman–Crippen MR) is 60.0 cm³/mol. The van der Waals surface area contributed by atoms with Crippen molar-refractivity contribution < 1.29 is 13.2 Å². The van der Waals surface area contributed by atoms with Gasteiger partial charge in [0.15, 0.2) is 5.11 Å². The third-order valence-corrected chi connectivity index (χ3v) is 2.03. The second-order valence-electron chi connectivity index (χ2n) is 2.81. The molecule has 16 heavy (non-hydrogen) atoms. The highest BCUT2D eigenvalue weighted by molar-refractivity contribution is 7.80. The summed E-state index contributed by atoms with van der Waals surface area (Å²) in [7, 11) is 0. The fourth-order valence-corrected chi connectivity index (χ4v) is 1.23. The van der Waals surface area contributed by atoms with E-state index in [2.05, 4.69) is 23.1 Å². The molecule has 0 amide bonds. The van der Waals surface area contributed by atoms with E-state index >= 15 is 0 Å². The first-order valence-electron chi connectivity index (χ1n) is 3.99. The Balaban J connectivity index is 2.94. The first-order valence-corrected chi connectivity index (χ1v) is 4.77. The topological polar surface area (TPSA) is 50.1 Å². The van der Waals surface area contributed by atoms with Crippen molar-refractivity contribution in [2.24, 2.45) is 5.73 Å². The smallest absolute Gasteiger partial charge is 0.375 e. The molecule has 3 nitrogen and oxygen atoms in total. The minimum atomic E-state index is -4.50. The minimum Gasteiger partial charge on any atom is -0.375 e. The van der Waals surface area contributed by atoms with Gasteiger partial charge in [-0.05, 0) is 30.4 Å². The van der Waals surface area contributed by atoms with Gasteiger partial charge in [-0.1, -0.05) is 11.6 Å². The monoisotopic (exact) mass is 269 g/mol. The van der Waals surface area contributed by atoms with Crippen LogP contribution in [0.4, 0.5) is 18.9 Å². The van der Waals surface area contributed by atoms with Crippen molar-refractivity contribution in [2.45, 2.75) is 6.18 Å². The Kier molecular flexibility index (Phi) is 3.82. The number of hydrogen-bond donors (Lipinski definition) is 3. The Labute approximate surface area is 99.7 Å². The highest BCUT2D eigenvalue weighted by Gasteiger charge is 2.33. The zero-order valence-corrected chi connectivity index (χ0v) is 9.30. The van der Waals surface area contributed by atoms with Gasteiger partial charge in [-0.3, -0.25) is 10.9 Å². The van der Waals surface area contributed by atoms with E-state index in [-0.39, 0.29) is 15.8 Å². The van der Waals surface area contributed by atoms with Gasteiger partial charge in [-0.15, -0.1) is 0 Å². The summed E-state index contributed by atoms with van der Waals surface area (Å²) < 4.78 is 37.3. The van der Waals surface area contributed by atoms with Crippen molar-refractivity contribution in [3.63, 3.8) is 0 Å². The molecule has 1 aromatic rings. The Morgan fingerprint density at radius 1 is 1.38 bits per heavy atom. The van der Waals surface area contributed by atoms with Crippen LogP contribution in [0.5, 0.6) is 0 Å². The van der Waals surface area contributed by atoms with Crippen LogP contribution >= 0.6 is 23.8 Å². The Hall–Kier alpha value is -1.21. The number of nitrogens with two attached hydrogens (primary N) is 1. The number of benzene rings is 1. The van der Waals surface area contributed by atoms with Crippen molar-refractivity contribution in [3.8, 4) is 0 Å². The van der Waals surface area contributed by atoms with Crippen LogP contribution in [0.15, 0.2) is 18.2 Å². The molecule has 0 atom stereocenters. The van der Waals surface area contributed by atoms with Gasteiger partial charge in [0.05, 0.1) is 16.3 Å². The summed E-state index contributed by atoms with van der Waals surface area (Å²) in [5.74, 6) is 0. The summed E-state index contributed by atoms with van der Waals surface area (Å²) in [6, 6.07) is 3.35.